The molecule has 0 fully saturated rings. The van der Waals surface area contributed by atoms with Gasteiger partial charge in [0.25, 0.3) is 0 Å². The highest BCUT2D eigenvalue weighted by molar-refractivity contribution is 5.42. The van der Waals surface area contributed by atoms with E-state index in [9.17, 15) is 9.50 Å². The molecule has 1 atom stereocenters. The molecule has 2 aromatic rings. The first-order valence-electron chi connectivity index (χ1n) is 6.46. The van der Waals surface area contributed by atoms with E-state index in [2.05, 4.69) is 0 Å². The van der Waals surface area contributed by atoms with Gasteiger partial charge in [0.05, 0.1) is 6.10 Å². The first-order chi connectivity index (χ1) is 9.61. The lowest BCUT2D eigenvalue weighted by Crippen LogP contribution is -2.00. The number of aliphatic hydroxyl groups is 2. The van der Waals surface area contributed by atoms with Crippen molar-refractivity contribution in [1.29, 1.82) is 0 Å². The fraction of sp³-hybridized carbons (Fsp3) is 0.250. The molecular weight excluding hydrogens is 259 g/mol. The highest BCUT2D eigenvalue weighted by Crippen LogP contribution is 2.32. The van der Waals surface area contributed by atoms with Gasteiger partial charge in [-0.2, -0.15) is 0 Å². The van der Waals surface area contributed by atoms with E-state index in [1.54, 1.807) is 13.0 Å². The molecule has 0 spiro atoms. The molecule has 2 rings (SSSR count). The monoisotopic (exact) mass is 276 g/mol. The van der Waals surface area contributed by atoms with Crippen LogP contribution in [0.25, 0.3) is 0 Å². The minimum absolute atomic E-state index is 0.0209. The van der Waals surface area contributed by atoms with Crippen LogP contribution in [0.3, 0.4) is 0 Å². The van der Waals surface area contributed by atoms with Gasteiger partial charge in [-0.05, 0) is 43.2 Å². The molecule has 0 aliphatic heterocycles. The van der Waals surface area contributed by atoms with E-state index >= 15 is 0 Å². The van der Waals surface area contributed by atoms with Crippen molar-refractivity contribution in [2.45, 2.75) is 19.4 Å². The molecule has 0 unspecified atom stereocenters. The third kappa shape index (κ3) is 3.35. The number of hydrogen-bond donors (Lipinski definition) is 2. The summed E-state index contributed by atoms with van der Waals surface area (Å²) < 4.78 is 19.0. The molecule has 20 heavy (non-hydrogen) atoms. The summed E-state index contributed by atoms with van der Waals surface area (Å²) in [6.07, 6.45) is -0.354. The second kappa shape index (κ2) is 6.50. The van der Waals surface area contributed by atoms with Gasteiger partial charge in [-0.1, -0.05) is 18.2 Å². The lowest BCUT2D eigenvalue weighted by atomic mass is 10.1. The van der Waals surface area contributed by atoms with Gasteiger partial charge in [-0.25, -0.2) is 4.39 Å². The summed E-state index contributed by atoms with van der Waals surface area (Å²) in [5.41, 5.74) is 1.25. The van der Waals surface area contributed by atoms with E-state index in [-0.39, 0.29) is 6.61 Å². The van der Waals surface area contributed by atoms with Gasteiger partial charge in [0, 0.05) is 12.2 Å². The molecule has 0 amide bonds. The number of aliphatic hydroxyl groups excluding tert-OH is 2. The predicted octanol–water partition coefficient (Wildman–Crippen LogP) is 3.21. The van der Waals surface area contributed by atoms with E-state index in [1.165, 1.54) is 18.2 Å². The average Bonchev–Trinajstić information content (AvgIpc) is 2.43. The van der Waals surface area contributed by atoms with Crippen LogP contribution in [-0.2, 0) is 6.42 Å². The molecule has 106 valence electrons. The Labute approximate surface area is 117 Å². The van der Waals surface area contributed by atoms with Gasteiger partial charge in [0.15, 0.2) is 0 Å². The second-order valence-corrected chi connectivity index (χ2v) is 4.54. The van der Waals surface area contributed by atoms with Crippen LogP contribution >= 0.6 is 0 Å². The summed E-state index contributed by atoms with van der Waals surface area (Å²) in [5.74, 6) is 0.582. The summed E-state index contributed by atoms with van der Waals surface area (Å²) in [4.78, 5) is 0. The Balaban J connectivity index is 2.35. The predicted molar refractivity (Wildman–Crippen MR) is 74.3 cm³/mol. The summed E-state index contributed by atoms with van der Waals surface area (Å²) in [7, 11) is 0. The fourth-order valence-electron chi connectivity index (χ4n) is 1.99. The maximum Gasteiger partial charge on any atom is 0.133 e. The molecule has 2 N–H and O–H groups in total. The smallest absolute Gasteiger partial charge is 0.133 e. The zero-order chi connectivity index (χ0) is 14.5. The molecule has 0 heterocycles. The van der Waals surface area contributed by atoms with Crippen LogP contribution in [0.5, 0.6) is 11.5 Å². The first kappa shape index (κ1) is 14.5. The summed E-state index contributed by atoms with van der Waals surface area (Å²) >= 11 is 0. The van der Waals surface area contributed by atoms with Crippen molar-refractivity contribution in [1.82, 2.24) is 0 Å². The van der Waals surface area contributed by atoms with E-state index in [0.29, 0.717) is 23.5 Å². The maximum absolute atomic E-state index is 13.2. The number of halogens is 1. The Hall–Kier alpha value is -1.91. The summed E-state index contributed by atoms with van der Waals surface area (Å²) in [6.45, 7) is 1.58. The normalized spacial score (nSPS) is 12.2. The molecule has 0 radical (unpaired) electrons. The van der Waals surface area contributed by atoms with Crippen LogP contribution < -0.4 is 4.74 Å². The average molecular weight is 276 g/mol. The van der Waals surface area contributed by atoms with E-state index in [4.69, 9.17) is 9.84 Å². The SMILES string of the molecule is C[C@@H](O)c1cc(F)ccc1Oc1ccccc1CCO. The van der Waals surface area contributed by atoms with E-state index in [1.807, 2.05) is 18.2 Å². The van der Waals surface area contributed by atoms with Gasteiger partial charge in [0.1, 0.15) is 17.3 Å². The Morgan fingerprint density at radius 2 is 1.90 bits per heavy atom. The number of hydrogen-bond acceptors (Lipinski definition) is 3. The van der Waals surface area contributed by atoms with Gasteiger partial charge in [-0.15, -0.1) is 0 Å². The number of ether oxygens (including phenoxy) is 1. The molecule has 4 heteroatoms. The minimum atomic E-state index is -0.828. The molecule has 0 saturated carbocycles. The maximum atomic E-state index is 13.2. The molecular formula is C16H17FO3. The zero-order valence-corrected chi connectivity index (χ0v) is 11.2. The van der Waals surface area contributed by atoms with Gasteiger partial charge < -0.3 is 14.9 Å². The topological polar surface area (TPSA) is 49.7 Å². The van der Waals surface area contributed by atoms with Crippen molar-refractivity contribution in [2.24, 2.45) is 0 Å². The standard InChI is InChI=1S/C16H17FO3/c1-11(19)14-10-13(17)6-7-16(14)20-15-5-3-2-4-12(15)8-9-18/h2-7,10-11,18-19H,8-9H2,1H3/t11-/m1/s1. The van der Waals surface area contributed by atoms with Gasteiger partial charge >= 0.3 is 0 Å². The third-order valence-electron chi connectivity index (χ3n) is 3.00. The Morgan fingerprint density at radius 1 is 1.15 bits per heavy atom. The van der Waals surface area contributed by atoms with Crippen LogP contribution in [-0.4, -0.2) is 16.8 Å². The lowest BCUT2D eigenvalue weighted by molar-refractivity contribution is 0.195. The Bertz CT molecular complexity index is 582. The van der Waals surface area contributed by atoms with Crippen LogP contribution in [0, 0.1) is 5.82 Å². The van der Waals surface area contributed by atoms with Crippen molar-refractivity contribution >= 4 is 0 Å². The fourth-order valence-corrected chi connectivity index (χ4v) is 1.99. The van der Waals surface area contributed by atoms with Crippen LogP contribution in [0.4, 0.5) is 4.39 Å². The Kier molecular flexibility index (Phi) is 4.71. The van der Waals surface area contributed by atoms with Crippen molar-refractivity contribution in [3.05, 3.63) is 59.4 Å². The molecule has 3 nitrogen and oxygen atoms in total. The lowest BCUT2D eigenvalue weighted by Gasteiger charge is -2.15. The number of benzene rings is 2. The van der Waals surface area contributed by atoms with Crippen LogP contribution in [0.15, 0.2) is 42.5 Å². The first-order valence-corrected chi connectivity index (χ1v) is 6.46. The van der Waals surface area contributed by atoms with Crippen molar-refractivity contribution in [3.63, 3.8) is 0 Å². The van der Waals surface area contributed by atoms with E-state index in [0.717, 1.165) is 5.56 Å². The van der Waals surface area contributed by atoms with Crippen LogP contribution in [0.2, 0.25) is 0 Å². The third-order valence-corrected chi connectivity index (χ3v) is 3.00. The second-order valence-electron chi connectivity index (χ2n) is 4.54. The summed E-state index contributed by atoms with van der Waals surface area (Å²) in [5, 5.41) is 18.7. The zero-order valence-electron chi connectivity index (χ0n) is 11.2. The number of para-hydroxylation sites is 1. The molecule has 0 bridgehead atoms. The number of rotatable bonds is 5. The highest BCUT2D eigenvalue weighted by Gasteiger charge is 2.13. The van der Waals surface area contributed by atoms with Crippen molar-refractivity contribution in [2.75, 3.05) is 6.61 Å². The van der Waals surface area contributed by atoms with Gasteiger partial charge in [-0.3, -0.25) is 0 Å². The van der Waals surface area contributed by atoms with Crippen LogP contribution in [0.1, 0.15) is 24.2 Å². The van der Waals surface area contributed by atoms with Gasteiger partial charge in [0.2, 0.25) is 0 Å². The van der Waals surface area contributed by atoms with E-state index < -0.39 is 11.9 Å². The van der Waals surface area contributed by atoms with Crippen molar-refractivity contribution in [3.8, 4) is 11.5 Å². The molecule has 0 aromatic heterocycles. The summed E-state index contributed by atoms with van der Waals surface area (Å²) in [6, 6.07) is 11.4. The molecule has 0 aliphatic rings. The molecule has 2 aromatic carbocycles. The minimum Gasteiger partial charge on any atom is -0.457 e. The Morgan fingerprint density at radius 3 is 2.60 bits per heavy atom. The highest BCUT2D eigenvalue weighted by atomic mass is 19.1. The molecule has 0 saturated heterocycles. The van der Waals surface area contributed by atoms with Crippen molar-refractivity contribution < 1.29 is 19.3 Å². The quantitative estimate of drug-likeness (QED) is 0.881. The molecule has 0 aliphatic carbocycles. The largest absolute Gasteiger partial charge is 0.457 e.